The van der Waals surface area contributed by atoms with Crippen molar-refractivity contribution in [3.63, 3.8) is 0 Å². The van der Waals surface area contributed by atoms with Crippen molar-refractivity contribution in [1.82, 2.24) is 54.9 Å². The number of esters is 1. The van der Waals surface area contributed by atoms with Crippen LogP contribution in [0.3, 0.4) is 0 Å². The van der Waals surface area contributed by atoms with Gasteiger partial charge in [-0.05, 0) is 105 Å². The van der Waals surface area contributed by atoms with E-state index in [0.717, 1.165) is 125 Å². The third-order valence-corrected chi connectivity index (χ3v) is 17.5. The molecule has 4 fully saturated rings. The van der Waals surface area contributed by atoms with Crippen LogP contribution >= 0.6 is 0 Å². The van der Waals surface area contributed by atoms with Gasteiger partial charge in [0.05, 0.1) is 42.8 Å². The Morgan fingerprint density at radius 2 is 1.52 bits per heavy atom. The van der Waals surface area contributed by atoms with E-state index in [1.807, 2.05) is 34.1 Å². The summed E-state index contributed by atoms with van der Waals surface area (Å²) in [4.78, 5) is 105. The summed E-state index contributed by atoms with van der Waals surface area (Å²) in [5.41, 5.74) is 10.7. The second kappa shape index (κ2) is 26.6. The molecule has 6 amide bonds. The number of unbranched alkanes of at least 4 members (excludes halogenated alkanes) is 4. The van der Waals surface area contributed by atoms with Gasteiger partial charge in [0, 0.05) is 113 Å². The van der Waals surface area contributed by atoms with Crippen molar-refractivity contribution in [2.75, 3.05) is 83.3 Å². The summed E-state index contributed by atoms with van der Waals surface area (Å²) in [6, 6.07) is 16.9. The zero-order chi connectivity index (χ0) is 59.8. The van der Waals surface area contributed by atoms with Gasteiger partial charge in [-0.1, -0.05) is 43.5 Å². The summed E-state index contributed by atoms with van der Waals surface area (Å²) >= 11 is 0. The lowest BCUT2D eigenvalue weighted by Crippen LogP contribution is -2.63. The number of rotatable bonds is 24. The molecule has 3 aromatic carbocycles. The Labute approximate surface area is 493 Å². The smallest absolute Gasteiger partial charge is 0.325 e. The second-order valence-corrected chi connectivity index (χ2v) is 23.5. The molecule has 10 rings (SSSR count). The lowest BCUT2D eigenvalue weighted by Gasteiger charge is -2.59. The van der Waals surface area contributed by atoms with Gasteiger partial charge in [0.25, 0.3) is 5.91 Å². The van der Waals surface area contributed by atoms with Crippen LogP contribution in [0.1, 0.15) is 130 Å². The van der Waals surface area contributed by atoms with Gasteiger partial charge in [-0.25, -0.2) is 14.4 Å². The normalized spacial score (nSPS) is 16.0. The highest BCUT2D eigenvalue weighted by molar-refractivity contribution is 6.00. The number of likely N-dealkylation sites (tertiary alicyclic amines) is 2. The largest absolute Gasteiger partial charge is 0.468 e. The molecule has 23 heteroatoms. The lowest BCUT2D eigenvalue weighted by atomic mass is 9.56. The average Bonchev–Trinajstić information content (AvgIpc) is 2.11. The fraction of sp³-hybridized carbons (Fsp3) is 0.500. The lowest BCUT2D eigenvalue weighted by molar-refractivity contribution is -0.152. The topological polar surface area (TPSA) is 265 Å². The van der Waals surface area contributed by atoms with E-state index in [1.54, 1.807) is 40.9 Å². The molecule has 1 aliphatic carbocycles. The summed E-state index contributed by atoms with van der Waals surface area (Å²) in [6.07, 6.45) is 15.1. The maximum Gasteiger partial charge on any atom is 0.325 e. The van der Waals surface area contributed by atoms with Crippen molar-refractivity contribution >= 4 is 80.5 Å². The minimum atomic E-state index is -0.637. The van der Waals surface area contributed by atoms with Crippen LogP contribution in [0.25, 0.3) is 32.9 Å². The fourth-order valence-electron chi connectivity index (χ4n) is 12.6. The number of aryl methyl sites for hydroxylation is 1. The van der Waals surface area contributed by atoms with Crippen LogP contribution < -0.4 is 26.6 Å². The minimum Gasteiger partial charge on any atom is -0.468 e. The van der Waals surface area contributed by atoms with Gasteiger partial charge < -0.3 is 46.0 Å². The first-order chi connectivity index (χ1) is 41.0. The zero-order valence-corrected chi connectivity index (χ0v) is 48.9. The quantitative estimate of drug-likeness (QED) is 0.0375. The number of carbonyl (C=O) groups excluding carboxylic acids is 7. The van der Waals surface area contributed by atoms with Crippen LogP contribution in [-0.2, 0) is 47.1 Å². The van der Waals surface area contributed by atoms with E-state index in [0.29, 0.717) is 59.8 Å². The molecule has 0 atom stereocenters. The number of benzene rings is 3. The number of amides is 6. The third kappa shape index (κ3) is 14.0. The summed E-state index contributed by atoms with van der Waals surface area (Å²) < 4.78 is 23.9. The van der Waals surface area contributed by atoms with Crippen LogP contribution in [-0.4, -0.2) is 159 Å². The molecule has 6 heterocycles. The molecule has 1 spiro atoms. The number of likely N-dealkylation sites (N-methyl/N-ethyl adjacent to an activating group) is 1. The Bertz CT molecular complexity index is 3450. The number of fused-ring (bicyclic) bond motifs is 2. The van der Waals surface area contributed by atoms with Crippen molar-refractivity contribution in [2.45, 2.75) is 115 Å². The Kier molecular flexibility index (Phi) is 18.7. The number of ether oxygens (including phenoxy) is 1. The number of hydrogen-bond acceptors (Lipinski definition) is 14. The van der Waals surface area contributed by atoms with E-state index in [-0.39, 0.29) is 67.2 Å². The van der Waals surface area contributed by atoms with Gasteiger partial charge in [-0.3, -0.25) is 42.9 Å². The highest BCUT2D eigenvalue weighted by Gasteiger charge is 2.55. The summed E-state index contributed by atoms with van der Waals surface area (Å²) in [5.74, 6) is -1.23. The monoisotopic (exact) mass is 1160 g/mol. The van der Waals surface area contributed by atoms with E-state index in [4.69, 9.17) is 15.8 Å². The first-order valence-corrected chi connectivity index (χ1v) is 29.8. The van der Waals surface area contributed by atoms with Gasteiger partial charge in [0.15, 0.2) is 11.5 Å². The highest BCUT2D eigenvalue weighted by atomic mass is 19.1. The van der Waals surface area contributed by atoms with E-state index >= 15 is 4.39 Å². The van der Waals surface area contributed by atoms with Gasteiger partial charge in [0.2, 0.25) is 29.5 Å². The van der Waals surface area contributed by atoms with Crippen molar-refractivity contribution in [1.29, 1.82) is 0 Å². The number of nitrogens with zero attached hydrogens (tertiary/aromatic N) is 10. The molecule has 0 radical (unpaired) electrons. The molecule has 3 saturated heterocycles. The molecule has 450 valence electrons. The van der Waals surface area contributed by atoms with Crippen molar-refractivity contribution in [3.8, 4) is 11.1 Å². The van der Waals surface area contributed by atoms with Gasteiger partial charge in [-0.15, -0.1) is 0 Å². The van der Waals surface area contributed by atoms with Crippen LogP contribution in [0.5, 0.6) is 0 Å². The molecule has 4 aliphatic rings. The first-order valence-electron chi connectivity index (χ1n) is 29.8. The molecule has 3 aromatic heterocycles. The van der Waals surface area contributed by atoms with Gasteiger partial charge >= 0.3 is 5.97 Å². The summed E-state index contributed by atoms with van der Waals surface area (Å²) in [7, 11) is 4.50. The van der Waals surface area contributed by atoms with Gasteiger partial charge in [0.1, 0.15) is 24.7 Å². The molecule has 5 N–H and O–H groups in total. The fourth-order valence-corrected chi connectivity index (χ4v) is 12.6. The Hall–Kier alpha value is -8.50. The van der Waals surface area contributed by atoms with Crippen LogP contribution in [0, 0.1) is 11.2 Å². The van der Waals surface area contributed by atoms with Crippen molar-refractivity contribution in [3.05, 3.63) is 89.8 Å². The maximum absolute atomic E-state index is 16.0. The number of nitrogens with two attached hydrogens (primary N) is 1. The number of piperidine rings is 2. The molecule has 3 aliphatic heterocycles. The molecular formula is C62H77FN14O8. The maximum atomic E-state index is 16.0. The van der Waals surface area contributed by atoms with Crippen LogP contribution in [0.4, 0.5) is 21.7 Å². The number of nitrogens with one attached hydrogen (secondary N) is 3. The Morgan fingerprint density at radius 1 is 0.788 bits per heavy atom. The number of anilines is 3. The number of hydrogen-bond donors (Lipinski definition) is 4. The predicted molar refractivity (Wildman–Crippen MR) is 318 cm³/mol. The van der Waals surface area contributed by atoms with E-state index in [2.05, 4.69) is 47.8 Å². The summed E-state index contributed by atoms with van der Waals surface area (Å²) in [5, 5.41) is 19.4. The molecule has 6 aromatic rings. The predicted octanol–water partition coefficient (Wildman–Crippen LogP) is 6.45. The third-order valence-electron chi connectivity index (χ3n) is 17.5. The Balaban J connectivity index is 0.619. The second-order valence-electron chi connectivity index (χ2n) is 23.5. The van der Waals surface area contributed by atoms with Gasteiger partial charge in [-0.2, -0.15) is 10.2 Å². The average molecular weight is 1170 g/mol. The SMILES string of the molecule is COC(=O)CNC(=O)CN(C)C(=O)Cn1nc(C2CC3(C2)CN(C(=O)CCC(=O)NCCCCCCCC(=O)N2CCC(c4ccc(Nc5nc(N6CCCCC6)cnc5C(N)=O)cc4)CC2)C3)c2c(-c3cc4c(cnn4C)cc3F)cccc21. The summed E-state index contributed by atoms with van der Waals surface area (Å²) in [6.45, 7) is 4.11. The number of aromatic nitrogens is 6. The number of primary amides is 1. The standard InChI is InChI=1S/C62H77FN14O8/c1-72(36-52(79)66-35-56(83)85-3)55(82)37-77-48-14-12-13-45(46-30-49-42(29-47(46)63)33-68-73(49)2)57(48)58(71-77)43-31-62(32-43)38-76(39-62)54(81)21-20-51(78)65-24-9-6-4-5-8-15-53(80)75-27-22-41(23-28-75)40-16-18-44(19-17-40)69-61-59(60(64)84)67-34-50(70-61)74-25-10-7-11-26-74/h12-14,16-19,29-30,33-34,41,43H,4-11,15,20-28,31-32,35-39H2,1-3H3,(H2,64,84)(H,65,78)(H,66,79)(H,69,70). The van der Waals surface area contributed by atoms with Crippen LogP contribution in [0.15, 0.2) is 67.0 Å². The molecule has 22 nitrogen and oxygen atoms in total. The highest BCUT2D eigenvalue weighted by Crippen LogP contribution is 2.57. The molecule has 1 saturated carbocycles. The number of carbonyl (C=O) groups is 7. The number of halogens is 1. The zero-order valence-electron chi connectivity index (χ0n) is 48.9. The van der Waals surface area contributed by atoms with E-state index in [9.17, 15) is 33.6 Å². The molecule has 0 unspecified atom stereocenters. The van der Waals surface area contributed by atoms with E-state index in [1.165, 1.54) is 37.1 Å². The van der Waals surface area contributed by atoms with E-state index < -0.39 is 29.5 Å². The molecular weight excluding hydrogens is 1090 g/mol. The first kappa shape index (κ1) is 59.7. The minimum absolute atomic E-state index is 0.0366. The van der Waals surface area contributed by atoms with Crippen molar-refractivity contribution in [2.24, 2.45) is 18.2 Å². The molecule has 0 bridgehead atoms. The molecule has 85 heavy (non-hydrogen) atoms. The Morgan fingerprint density at radius 3 is 2.26 bits per heavy atom. The van der Waals surface area contributed by atoms with Crippen molar-refractivity contribution < 1.29 is 42.7 Å². The number of methoxy groups -OCH3 is 1. The van der Waals surface area contributed by atoms with Crippen LogP contribution in [0.2, 0.25) is 0 Å².